The number of carbonyl (C=O) groups excluding carboxylic acids is 6. The van der Waals surface area contributed by atoms with Gasteiger partial charge in [-0.25, -0.2) is 4.79 Å². The predicted octanol–water partition coefficient (Wildman–Crippen LogP) is -5.74. The molecule has 7 amide bonds. The van der Waals surface area contributed by atoms with E-state index >= 15 is 0 Å². The minimum absolute atomic E-state index is 0.00163. The summed E-state index contributed by atoms with van der Waals surface area (Å²) in [5, 5.41) is 28.1. The number of primary amides is 3. The smallest absolute Gasteiger partial charge is 0.316 e. The fraction of sp³-hybridized carbons (Fsp3) is 0.684. The van der Waals surface area contributed by atoms with Crippen molar-refractivity contribution in [2.45, 2.75) is 50.6 Å². The van der Waals surface area contributed by atoms with Crippen LogP contribution in [0.4, 0.5) is 4.79 Å². The molecule has 0 aromatic carbocycles. The van der Waals surface area contributed by atoms with Crippen LogP contribution in [0.3, 0.4) is 0 Å². The van der Waals surface area contributed by atoms with Crippen molar-refractivity contribution in [2.24, 2.45) is 17.2 Å². The molecule has 0 spiro atoms. The van der Waals surface area contributed by atoms with Crippen LogP contribution in [0.1, 0.15) is 20.3 Å². The fourth-order valence-corrected chi connectivity index (χ4v) is 2.56. The highest BCUT2D eigenvalue weighted by Gasteiger charge is 2.28. The zero-order valence-corrected chi connectivity index (χ0v) is 20.0. The maximum Gasteiger partial charge on any atom is 0.316 e. The van der Waals surface area contributed by atoms with E-state index in [1.807, 2.05) is 0 Å². The average Bonchev–Trinajstić information content (AvgIpc) is 2.75. The lowest BCUT2D eigenvalue weighted by atomic mass is 10.1. The minimum atomic E-state index is -1.40. The SMILES string of the molecule is CC(O)[C@H](NC(=O)N[C@H](CC(N)=O)C(N)=O)C(=O)NCCOCCOCC(=O)N[C@@H](C(N)=O)C(C)O. The van der Waals surface area contributed by atoms with Crippen molar-refractivity contribution in [3.8, 4) is 0 Å². The van der Waals surface area contributed by atoms with E-state index in [-0.39, 0.29) is 26.4 Å². The van der Waals surface area contributed by atoms with Crippen molar-refractivity contribution in [2.75, 3.05) is 33.0 Å². The molecule has 0 aromatic rings. The van der Waals surface area contributed by atoms with Crippen molar-refractivity contribution in [3.05, 3.63) is 0 Å². The Morgan fingerprint density at radius 1 is 0.778 bits per heavy atom. The number of aliphatic hydroxyl groups is 2. The van der Waals surface area contributed by atoms with E-state index in [1.54, 1.807) is 0 Å². The summed E-state index contributed by atoms with van der Waals surface area (Å²) in [4.78, 5) is 69.3. The van der Waals surface area contributed by atoms with Gasteiger partial charge in [-0.1, -0.05) is 0 Å². The molecule has 5 atom stereocenters. The molecule has 206 valence electrons. The van der Waals surface area contributed by atoms with Gasteiger partial charge in [0.05, 0.1) is 38.4 Å². The van der Waals surface area contributed by atoms with Crippen LogP contribution < -0.4 is 38.5 Å². The van der Waals surface area contributed by atoms with E-state index in [0.29, 0.717) is 0 Å². The van der Waals surface area contributed by atoms with Crippen molar-refractivity contribution >= 4 is 35.6 Å². The van der Waals surface area contributed by atoms with Gasteiger partial charge in [-0.15, -0.1) is 0 Å². The van der Waals surface area contributed by atoms with E-state index in [9.17, 15) is 39.0 Å². The molecule has 0 heterocycles. The first-order valence-corrected chi connectivity index (χ1v) is 10.8. The van der Waals surface area contributed by atoms with Crippen LogP contribution >= 0.6 is 0 Å². The lowest BCUT2D eigenvalue weighted by Gasteiger charge is -2.22. The van der Waals surface area contributed by atoms with Gasteiger partial charge in [-0.05, 0) is 13.8 Å². The molecule has 0 rings (SSSR count). The molecular weight excluding hydrogens is 486 g/mol. The highest BCUT2D eigenvalue weighted by molar-refractivity contribution is 5.92. The number of nitrogens with one attached hydrogen (secondary N) is 4. The molecule has 0 bridgehead atoms. The summed E-state index contributed by atoms with van der Waals surface area (Å²) in [5.41, 5.74) is 15.1. The Bertz CT molecular complexity index is 778. The van der Waals surface area contributed by atoms with Crippen LogP contribution in [0, 0.1) is 0 Å². The van der Waals surface area contributed by atoms with Crippen LogP contribution in [-0.4, -0.2) is 109 Å². The highest BCUT2D eigenvalue weighted by atomic mass is 16.5. The topological polar surface area (TPSA) is 288 Å². The largest absolute Gasteiger partial charge is 0.391 e. The molecule has 0 saturated heterocycles. The molecule has 17 heteroatoms. The number of amides is 7. The maximum absolute atomic E-state index is 12.3. The van der Waals surface area contributed by atoms with Gasteiger partial charge in [0.1, 0.15) is 24.7 Å². The predicted molar refractivity (Wildman–Crippen MR) is 121 cm³/mol. The van der Waals surface area contributed by atoms with Gasteiger partial charge in [0.25, 0.3) is 0 Å². The number of rotatable bonds is 18. The Morgan fingerprint density at radius 2 is 1.36 bits per heavy atom. The van der Waals surface area contributed by atoms with E-state index < -0.39 is 78.9 Å². The second-order valence-electron chi connectivity index (χ2n) is 7.61. The van der Waals surface area contributed by atoms with E-state index in [2.05, 4.69) is 21.3 Å². The zero-order chi connectivity index (χ0) is 27.8. The van der Waals surface area contributed by atoms with Crippen LogP contribution in [0.15, 0.2) is 0 Å². The molecule has 17 nitrogen and oxygen atoms in total. The Labute approximate surface area is 206 Å². The standard InChI is InChI=1S/C19H35N7O10/c1-9(27)14(17(22)32)25-13(30)8-36-6-5-35-4-3-23-18(33)15(10(2)28)26-19(34)24-11(16(21)31)7-12(20)29/h9-11,14-15,27-28H,3-8H2,1-2H3,(H2,20,29)(H2,21,31)(H2,22,32)(H,23,33)(H,25,30)(H2,24,26,34)/t9?,10?,11-,14-,15+/m1/s1. The van der Waals surface area contributed by atoms with Gasteiger partial charge in [0, 0.05) is 6.54 Å². The van der Waals surface area contributed by atoms with E-state index in [1.165, 1.54) is 13.8 Å². The molecule has 0 aromatic heterocycles. The molecule has 2 unspecified atom stereocenters. The zero-order valence-electron chi connectivity index (χ0n) is 20.0. The van der Waals surface area contributed by atoms with Crippen molar-refractivity contribution in [1.82, 2.24) is 21.3 Å². The Hall–Kier alpha value is -3.54. The molecule has 0 aliphatic rings. The van der Waals surface area contributed by atoms with Crippen molar-refractivity contribution in [3.63, 3.8) is 0 Å². The number of ether oxygens (including phenoxy) is 2. The quantitative estimate of drug-likeness (QED) is 0.0770. The average molecular weight is 522 g/mol. The molecule has 0 fully saturated rings. The lowest BCUT2D eigenvalue weighted by Crippen LogP contribution is -2.58. The molecular formula is C19H35N7O10. The molecule has 36 heavy (non-hydrogen) atoms. The second kappa shape index (κ2) is 17.0. The van der Waals surface area contributed by atoms with Gasteiger partial charge >= 0.3 is 6.03 Å². The Morgan fingerprint density at radius 3 is 1.86 bits per heavy atom. The number of nitrogens with two attached hydrogens (primary N) is 3. The summed E-state index contributed by atoms with van der Waals surface area (Å²) in [6.45, 7) is 2.20. The summed E-state index contributed by atoms with van der Waals surface area (Å²) >= 11 is 0. The first kappa shape index (κ1) is 32.5. The van der Waals surface area contributed by atoms with Gasteiger partial charge in [-0.2, -0.15) is 0 Å². The van der Waals surface area contributed by atoms with Crippen molar-refractivity contribution < 1.29 is 48.5 Å². The molecule has 0 aliphatic heterocycles. The number of hydrogen-bond donors (Lipinski definition) is 9. The fourth-order valence-electron chi connectivity index (χ4n) is 2.56. The monoisotopic (exact) mass is 521 g/mol. The number of aliphatic hydroxyl groups excluding tert-OH is 2. The number of carbonyl (C=O) groups is 6. The summed E-state index contributed by atoms with van der Waals surface area (Å²) in [7, 11) is 0. The van der Waals surface area contributed by atoms with Crippen LogP contribution in [0.25, 0.3) is 0 Å². The minimum Gasteiger partial charge on any atom is -0.391 e. The lowest BCUT2D eigenvalue weighted by molar-refractivity contribution is -0.132. The highest BCUT2D eigenvalue weighted by Crippen LogP contribution is 1.96. The normalized spacial score (nSPS) is 14.9. The Balaban J connectivity index is 4.28. The summed E-state index contributed by atoms with van der Waals surface area (Å²) < 4.78 is 10.3. The third kappa shape index (κ3) is 14.0. The molecule has 0 aliphatic carbocycles. The summed E-state index contributed by atoms with van der Waals surface area (Å²) in [6, 6.07) is -5.08. The maximum atomic E-state index is 12.3. The number of hydrogen-bond acceptors (Lipinski definition) is 10. The third-order valence-electron chi connectivity index (χ3n) is 4.36. The first-order chi connectivity index (χ1) is 16.8. The third-order valence-corrected chi connectivity index (χ3v) is 4.36. The van der Waals surface area contributed by atoms with Crippen molar-refractivity contribution in [1.29, 1.82) is 0 Å². The molecule has 12 N–H and O–H groups in total. The van der Waals surface area contributed by atoms with Gasteiger partial charge in [0.2, 0.25) is 29.5 Å². The summed E-state index contributed by atoms with van der Waals surface area (Å²) in [6.07, 6.45) is -3.03. The summed E-state index contributed by atoms with van der Waals surface area (Å²) in [5.74, 6) is -4.21. The van der Waals surface area contributed by atoms with Gasteiger partial charge < -0.3 is 58.2 Å². The molecule has 0 saturated carbocycles. The van der Waals surface area contributed by atoms with Crippen LogP contribution in [-0.2, 0) is 33.4 Å². The van der Waals surface area contributed by atoms with Gasteiger partial charge in [-0.3, -0.25) is 24.0 Å². The molecule has 0 radical (unpaired) electrons. The first-order valence-electron chi connectivity index (χ1n) is 10.8. The Kier molecular flexibility index (Phi) is 15.3. The van der Waals surface area contributed by atoms with E-state index in [0.717, 1.165) is 0 Å². The van der Waals surface area contributed by atoms with Gasteiger partial charge in [0.15, 0.2) is 0 Å². The van der Waals surface area contributed by atoms with Crippen LogP contribution in [0.5, 0.6) is 0 Å². The van der Waals surface area contributed by atoms with Crippen LogP contribution in [0.2, 0.25) is 0 Å². The van der Waals surface area contributed by atoms with E-state index in [4.69, 9.17) is 26.7 Å². The number of urea groups is 1. The second-order valence-corrected chi connectivity index (χ2v) is 7.61.